The molecule has 0 radical (unpaired) electrons. The molecule has 1 aliphatic carbocycles. The van der Waals surface area contributed by atoms with Crippen molar-refractivity contribution in [3.05, 3.63) is 0 Å². The van der Waals surface area contributed by atoms with Gasteiger partial charge in [0.05, 0.1) is 17.4 Å². The summed E-state index contributed by atoms with van der Waals surface area (Å²) in [5.74, 6) is 0. The Hall–Kier alpha value is 0.120. The van der Waals surface area contributed by atoms with Gasteiger partial charge in [0.2, 0.25) is 10.0 Å². The van der Waals surface area contributed by atoms with E-state index in [0.717, 1.165) is 32.2 Å². The standard InChI is InChI=1S/C10H20N2O3S.ClH/c1-15-8-10(5-2-6-11-10)7-12-16(13,14)9-3-4-9;/h9,11-12H,2-8H2,1H3;1H. The molecule has 0 aromatic carbocycles. The van der Waals surface area contributed by atoms with Crippen molar-refractivity contribution in [2.75, 3.05) is 26.8 Å². The molecule has 0 aromatic heterocycles. The Morgan fingerprint density at radius 2 is 2.18 bits per heavy atom. The summed E-state index contributed by atoms with van der Waals surface area (Å²) in [5, 5.41) is 3.21. The smallest absolute Gasteiger partial charge is 0.214 e. The number of nitrogens with one attached hydrogen (secondary N) is 2. The van der Waals surface area contributed by atoms with Crippen LogP contribution >= 0.6 is 12.4 Å². The van der Waals surface area contributed by atoms with E-state index in [1.54, 1.807) is 7.11 Å². The molecule has 0 amide bonds. The second kappa shape index (κ2) is 5.84. The quantitative estimate of drug-likeness (QED) is 0.734. The topological polar surface area (TPSA) is 67.4 Å². The van der Waals surface area contributed by atoms with E-state index in [1.807, 2.05) is 0 Å². The third-order valence-electron chi connectivity index (χ3n) is 3.33. The Morgan fingerprint density at radius 1 is 1.47 bits per heavy atom. The molecule has 2 aliphatic rings. The highest BCUT2D eigenvalue weighted by Gasteiger charge is 2.39. The largest absolute Gasteiger partial charge is 0.383 e. The fraction of sp³-hybridized carbons (Fsp3) is 1.00. The molecule has 0 spiro atoms. The van der Waals surface area contributed by atoms with Gasteiger partial charge in [-0.1, -0.05) is 0 Å². The number of hydrogen-bond acceptors (Lipinski definition) is 4. The van der Waals surface area contributed by atoms with Crippen LogP contribution in [0.5, 0.6) is 0 Å². The Balaban J connectivity index is 0.00000144. The molecule has 1 unspecified atom stereocenters. The summed E-state index contributed by atoms with van der Waals surface area (Å²) < 4.78 is 31.3. The van der Waals surface area contributed by atoms with E-state index in [1.165, 1.54) is 0 Å². The van der Waals surface area contributed by atoms with Crippen LogP contribution in [0.15, 0.2) is 0 Å². The molecule has 0 aromatic rings. The van der Waals surface area contributed by atoms with Crippen LogP contribution in [0.1, 0.15) is 25.7 Å². The predicted molar refractivity (Wildman–Crippen MR) is 69.0 cm³/mol. The molecule has 17 heavy (non-hydrogen) atoms. The van der Waals surface area contributed by atoms with Crippen molar-refractivity contribution in [2.45, 2.75) is 36.5 Å². The van der Waals surface area contributed by atoms with E-state index in [9.17, 15) is 8.42 Å². The second-order valence-electron chi connectivity index (χ2n) is 4.81. The SMILES string of the molecule is COCC1(CNS(=O)(=O)C2CC2)CCCN1.Cl. The van der Waals surface area contributed by atoms with Crippen molar-refractivity contribution in [1.29, 1.82) is 0 Å². The Morgan fingerprint density at radius 3 is 2.65 bits per heavy atom. The molecule has 0 bridgehead atoms. The zero-order valence-electron chi connectivity index (χ0n) is 10.1. The van der Waals surface area contributed by atoms with Crippen LogP contribution in [0.2, 0.25) is 0 Å². The lowest BCUT2D eigenvalue weighted by molar-refractivity contribution is 0.122. The molecule has 7 heteroatoms. The minimum Gasteiger partial charge on any atom is -0.383 e. The van der Waals surface area contributed by atoms with Crippen molar-refractivity contribution in [3.63, 3.8) is 0 Å². The molecule has 2 fully saturated rings. The van der Waals surface area contributed by atoms with Gasteiger partial charge in [-0.15, -0.1) is 12.4 Å². The summed E-state index contributed by atoms with van der Waals surface area (Å²) in [6.07, 6.45) is 3.66. The summed E-state index contributed by atoms with van der Waals surface area (Å²) in [5.41, 5.74) is -0.198. The van der Waals surface area contributed by atoms with Gasteiger partial charge in [0.1, 0.15) is 0 Å². The van der Waals surface area contributed by atoms with E-state index in [-0.39, 0.29) is 23.2 Å². The van der Waals surface area contributed by atoms with Crippen LogP contribution in [0.4, 0.5) is 0 Å². The molecule has 2 rings (SSSR count). The minimum atomic E-state index is -3.08. The summed E-state index contributed by atoms with van der Waals surface area (Å²) in [6, 6.07) is 0. The van der Waals surface area contributed by atoms with Gasteiger partial charge in [-0.05, 0) is 32.2 Å². The first-order chi connectivity index (χ1) is 7.58. The monoisotopic (exact) mass is 284 g/mol. The number of halogens is 1. The third-order valence-corrected chi connectivity index (χ3v) is 5.22. The highest BCUT2D eigenvalue weighted by molar-refractivity contribution is 7.90. The van der Waals surface area contributed by atoms with E-state index >= 15 is 0 Å². The maximum absolute atomic E-state index is 11.7. The molecular weight excluding hydrogens is 264 g/mol. The maximum atomic E-state index is 11.7. The molecule has 1 saturated carbocycles. The number of rotatable bonds is 6. The van der Waals surface area contributed by atoms with Gasteiger partial charge in [-0.2, -0.15) is 0 Å². The summed E-state index contributed by atoms with van der Waals surface area (Å²) in [6.45, 7) is 1.94. The molecule has 5 nitrogen and oxygen atoms in total. The highest BCUT2D eigenvalue weighted by atomic mass is 35.5. The molecule has 102 valence electrons. The summed E-state index contributed by atoms with van der Waals surface area (Å²) in [7, 11) is -1.43. The van der Waals surface area contributed by atoms with Gasteiger partial charge in [0, 0.05) is 13.7 Å². The van der Waals surface area contributed by atoms with Crippen LogP contribution in [0, 0.1) is 0 Å². The number of methoxy groups -OCH3 is 1. The lowest BCUT2D eigenvalue weighted by Gasteiger charge is -2.28. The molecular formula is C10H21ClN2O3S. The van der Waals surface area contributed by atoms with E-state index in [4.69, 9.17) is 4.74 Å². The predicted octanol–water partition coefficient (Wildman–Crippen LogP) is 0.259. The molecule has 2 N–H and O–H groups in total. The fourth-order valence-corrected chi connectivity index (χ4v) is 3.67. The van der Waals surface area contributed by atoms with Crippen molar-refractivity contribution in [2.24, 2.45) is 0 Å². The van der Waals surface area contributed by atoms with Crippen LogP contribution in [-0.2, 0) is 14.8 Å². The first-order valence-corrected chi connectivity index (χ1v) is 7.35. The second-order valence-corrected chi connectivity index (χ2v) is 6.85. The van der Waals surface area contributed by atoms with Crippen LogP contribution < -0.4 is 10.0 Å². The third kappa shape index (κ3) is 3.79. The Labute approximate surface area is 109 Å². The van der Waals surface area contributed by atoms with Crippen molar-refractivity contribution in [3.8, 4) is 0 Å². The maximum Gasteiger partial charge on any atom is 0.214 e. The van der Waals surface area contributed by atoms with Gasteiger partial charge in [0.25, 0.3) is 0 Å². The average molecular weight is 285 g/mol. The van der Waals surface area contributed by atoms with Gasteiger partial charge >= 0.3 is 0 Å². The van der Waals surface area contributed by atoms with E-state index < -0.39 is 10.0 Å². The van der Waals surface area contributed by atoms with Gasteiger partial charge in [-0.25, -0.2) is 13.1 Å². The number of sulfonamides is 1. The molecule has 1 atom stereocenters. The zero-order valence-corrected chi connectivity index (χ0v) is 11.7. The van der Waals surface area contributed by atoms with Crippen molar-refractivity contribution < 1.29 is 13.2 Å². The Kier molecular flexibility index (Phi) is 5.21. The lowest BCUT2D eigenvalue weighted by Crippen LogP contribution is -2.53. The van der Waals surface area contributed by atoms with Crippen LogP contribution in [-0.4, -0.2) is 46.0 Å². The highest BCUT2D eigenvalue weighted by Crippen LogP contribution is 2.28. The Bertz CT molecular complexity index is 337. The van der Waals surface area contributed by atoms with Gasteiger partial charge in [-0.3, -0.25) is 0 Å². The first kappa shape index (κ1) is 15.2. The van der Waals surface area contributed by atoms with E-state index in [0.29, 0.717) is 13.2 Å². The average Bonchev–Trinajstić information content (AvgIpc) is 3.00. The minimum absolute atomic E-state index is 0. The van der Waals surface area contributed by atoms with E-state index in [2.05, 4.69) is 10.0 Å². The number of hydrogen-bond donors (Lipinski definition) is 2. The fourth-order valence-electron chi connectivity index (χ4n) is 2.21. The molecule has 1 aliphatic heterocycles. The number of ether oxygens (including phenoxy) is 1. The summed E-state index contributed by atoms with van der Waals surface area (Å²) in [4.78, 5) is 0. The van der Waals surface area contributed by atoms with Crippen molar-refractivity contribution >= 4 is 22.4 Å². The zero-order chi connectivity index (χ0) is 11.6. The van der Waals surface area contributed by atoms with Crippen LogP contribution in [0.25, 0.3) is 0 Å². The summed E-state index contributed by atoms with van der Waals surface area (Å²) >= 11 is 0. The van der Waals surface area contributed by atoms with Gasteiger partial charge in [0.15, 0.2) is 0 Å². The first-order valence-electron chi connectivity index (χ1n) is 5.80. The normalized spacial score (nSPS) is 29.0. The van der Waals surface area contributed by atoms with Crippen LogP contribution in [0.3, 0.4) is 0 Å². The lowest BCUT2D eigenvalue weighted by atomic mass is 9.99. The van der Waals surface area contributed by atoms with Crippen molar-refractivity contribution in [1.82, 2.24) is 10.0 Å². The van der Waals surface area contributed by atoms with Gasteiger partial charge < -0.3 is 10.1 Å². The molecule has 1 heterocycles. The molecule has 1 saturated heterocycles.